The van der Waals surface area contributed by atoms with Crippen molar-refractivity contribution in [2.45, 2.75) is 0 Å². The average Bonchev–Trinajstić information content (AvgIpc) is 2.39. The molecule has 5 nitrogen and oxygen atoms in total. The molecule has 0 amide bonds. The number of ether oxygens (including phenoxy) is 1. The van der Waals surface area contributed by atoms with Crippen molar-refractivity contribution in [3.05, 3.63) is 40.8 Å². The summed E-state index contributed by atoms with van der Waals surface area (Å²) in [5.74, 6) is 1.29. The van der Waals surface area contributed by atoms with Gasteiger partial charge in [0.2, 0.25) is 0 Å². The first kappa shape index (κ1) is 13.7. The molecule has 0 saturated carbocycles. The van der Waals surface area contributed by atoms with E-state index in [1.54, 1.807) is 13.3 Å². The monoisotopic (exact) mass is 338 g/mol. The minimum atomic E-state index is 0.221. The van der Waals surface area contributed by atoms with Crippen LogP contribution in [-0.4, -0.2) is 22.1 Å². The lowest BCUT2D eigenvalue weighted by molar-refractivity contribution is 0.416. The average molecular weight is 339 g/mol. The van der Waals surface area contributed by atoms with Crippen molar-refractivity contribution in [1.82, 2.24) is 9.97 Å². The van der Waals surface area contributed by atoms with Gasteiger partial charge >= 0.3 is 0 Å². The minimum absolute atomic E-state index is 0.221. The fraction of sp³-hybridized carbons (Fsp3) is 0.0833. The maximum absolute atomic E-state index is 5.46. The van der Waals surface area contributed by atoms with Crippen LogP contribution in [0.1, 0.15) is 5.69 Å². The van der Waals surface area contributed by atoms with E-state index in [9.17, 15) is 0 Å². The minimum Gasteiger partial charge on any atom is -0.495 e. The van der Waals surface area contributed by atoms with E-state index < -0.39 is 0 Å². The second-order valence-electron chi connectivity index (χ2n) is 3.62. The number of hydrogen-bond acceptors (Lipinski definition) is 5. The molecular weight excluding hydrogens is 328 g/mol. The summed E-state index contributed by atoms with van der Waals surface area (Å²) in [6, 6.07) is 5.64. The molecule has 0 fully saturated rings. The van der Waals surface area contributed by atoms with Crippen molar-refractivity contribution in [2.24, 2.45) is 5.73 Å². The molecule has 7 heteroatoms. The third-order valence-electron chi connectivity index (χ3n) is 2.33. The molecule has 1 aromatic carbocycles. The van der Waals surface area contributed by atoms with E-state index >= 15 is 0 Å². The predicted molar refractivity (Wildman–Crippen MR) is 81.9 cm³/mol. The van der Waals surface area contributed by atoms with E-state index in [-0.39, 0.29) is 4.99 Å². The summed E-state index contributed by atoms with van der Waals surface area (Å²) >= 11 is 8.22. The highest BCUT2D eigenvalue weighted by Crippen LogP contribution is 2.29. The third-order valence-corrected chi connectivity index (χ3v) is 3.03. The first-order valence-corrected chi connectivity index (χ1v) is 6.52. The van der Waals surface area contributed by atoms with E-state index in [2.05, 4.69) is 31.2 Å². The van der Waals surface area contributed by atoms with Crippen LogP contribution >= 0.6 is 28.1 Å². The summed E-state index contributed by atoms with van der Waals surface area (Å²) in [7, 11) is 1.61. The molecule has 0 unspecified atom stereocenters. The Morgan fingerprint density at radius 2 is 2.16 bits per heavy atom. The summed E-state index contributed by atoms with van der Waals surface area (Å²) in [5, 5.41) is 3.12. The van der Waals surface area contributed by atoms with Gasteiger partial charge in [0.1, 0.15) is 22.2 Å². The zero-order valence-corrected chi connectivity index (χ0v) is 12.5. The molecule has 0 saturated heterocycles. The van der Waals surface area contributed by atoms with Crippen LogP contribution in [0.3, 0.4) is 0 Å². The molecule has 0 aliphatic carbocycles. The number of hydrogen-bond donors (Lipinski definition) is 2. The second kappa shape index (κ2) is 5.94. The fourth-order valence-electron chi connectivity index (χ4n) is 1.44. The van der Waals surface area contributed by atoms with Crippen molar-refractivity contribution in [3.8, 4) is 5.75 Å². The van der Waals surface area contributed by atoms with Gasteiger partial charge < -0.3 is 15.8 Å². The van der Waals surface area contributed by atoms with Gasteiger partial charge in [-0.1, -0.05) is 28.1 Å². The number of thiocarbonyl (C=S) groups is 1. The number of halogens is 1. The molecule has 0 aliphatic rings. The molecule has 0 aliphatic heterocycles. The molecule has 0 atom stereocenters. The summed E-state index contributed by atoms with van der Waals surface area (Å²) in [6.45, 7) is 0. The summed E-state index contributed by atoms with van der Waals surface area (Å²) < 4.78 is 6.20. The Morgan fingerprint density at radius 3 is 2.74 bits per heavy atom. The topological polar surface area (TPSA) is 73.1 Å². The standard InChI is InChI=1S/C12H11BrN4OS/c1-18-10-3-2-7(13)4-8(10)17-11-6-15-9(5-16-11)12(14)19/h2-6H,1H3,(H2,14,19)(H,16,17). The first-order chi connectivity index (χ1) is 9.10. The third kappa shape index (κ3) is 3.39. The van der Waals surface area contributed by atoms with E-state index in [1.165, 1.54) is 6.20 Å². The van der Waals surface area contributed by atoms with Crippen molar-refractivity contribution < 1.29 is 4.74 Å². The van der Waals surface area contributed by atoms with Gasteiger partial charge in [0, 0.05) is 4.47 Å². The molecule has 2 aromatic rings. The highest BCUT2D eigenvalue weighted by Gasteiger charge is 2.06. The molecular formula is C12H11BrN4OS. The smallest absolute Gasteiger partial charge is 0.149 e. The van der Waals surface area contributed by atoms with Crippen LogP contribution in [0.5, 0.6) is 5.75 Å². The molecule has 0 radical (unpaired) electrons. The fourth-order valence-corrected chi connectivity index (χ4v) is 1.90. The number of nitrogens with two attached hydrogens (primary N) is 1. The Labute approximate surface area is 124 Å². The lowest BCUT2D eigenvalue weighted by atomic mass is 10.3. The largest absolute Gasteiger partial charge is 0.495 e. The summed E-state index contributed by atoms with van der Waals surface area (Å²) in [6.07, 6.45) is 3.09. The number of nitrogens with zero attached hydrogens (tertiary/aromatic N) is 2. The SMILES string of the molecule is COc1ccc(Br)cc1Nc1cnc(C(N)=S)cn1. The van der Waals surface area contributed by atoms with Crippen molar-refractivity contribution in [1.29, 1.82) is 0 Å². The number of methoxy groups -OCH3 is 1. The molecule has 2 rings (SSSR count). The summed E-state index contributed by atoms with van der Waals surface area (Å²) in [5.41, 5.74) is 6.74. The summed E-state index contributed by atoms with van der Waals surface area (Å²) in [4.78, 5) is 8.52. The molecule has 0 bridgehead atoms. The van der Waals surface area contributed by atoms with Crippen LogP contribution in [0.15, 0.2) is 35.1 Å². The maximum atomic E-state index is 5.46. The Balaban J connectivity index is 2.25. The van der Waals surface area contributed by atoms with Crippen LogP contribution in [-0.2, 0) is 0 Å². The highest BCUT2D eigenvalue weighted by atomic mass is 79.9. The molecule has 1 heterocycles. The van der Waals surface area contributed by atoms with Gasteiger partial charge in [0.05, 0.1) is 25.2 Å². The molecule has 19 heavy (non-hydrogen) atoms. The van der Waals surface area contributed by atoms with Crippen LogP contribution in [0.4, 0.5) is 11.5 Å². The second-order valence-corrected chi connectivity index (χ2v) is 4.98. The van der Waals surface area contributed by atoms with E-state index in [0.29, 0.717) is 17.3 Å². The number of nitrogens with one attached hydrogen (secondary N) is 1. The highest BCUT2D eigenvalue weighted by molar-refractivity contribution is 9.10. The van der Waals surface area contributed by atoms with Crippen molar-refractivity contribution >= 4 is 44.6 Å². The zero-order valence-electron chi connectivity index (χ0n) is 10.1. The first-order valence-electron chi connectivity index (χ1n) is 5.32. The van der Waals surface area contributed by atoms with Crippen LogP contribution in [0, 0.1) is 0 Å². The van der Waals surface area contributed by atoms with E-state index in [4.69, 9.17) is 22.7 Å². The quantitative estimate of drug-likeness (QED) is 0.835. The van der Waals surface area contributed by atoms with Crippen molar-refractivity contribution in [3.63, 3.8) is 0 Å². The number of anilines is 2. The van der Waals surface area contributed by atoms with Crippen LogP contribution in [0.25, 0.3) is 0 Å². The Kier molecular flexibility index (Phi) is 4.28. The Morgan fingerprint density at radius 1 is 1.37 bits per heavy atom. The zero-order chi connectivity index (χ0) is 13.8. The van der Waals surface area contributed by atoms with Gasteiger partial charge in [-0.2, -0.15) is 0 Å². The van der Waals surface area contributed by atoms with Gasteiger partial charge in [-0.3, -0.25) is 0 Å². The Bertz CT molecular complexity index is 603. The van der Waals surface area contributed by atoms with Gasteiger partial charge in [-0.05, 0) is 18.2 Å². The molecule has 3 N–H and O–H groups in total. The van der Waals surface area contributed by atoms with Gasteiger partial charge in [0.15, 0.2) is 0 Å². The van der Waals surface area contributed by atoms with Gasteiger partial charge in [0.25, 0.3) is 0 Å². The van der Waals surface area contributed by atoms with E-state index in [1.807, 2.05) is 18.2 Å². The number of aromatic nitrogens is 2. The lowest BCUT2D eigenvalue weighted by Gasteiger charge is -2.10. The molecule has 98 valence electrons. The normalized spacial score (nSPS) is 10.0. The lowest BCUT2D eigenvalue weighted by Crippen LogP contribution is -2.12. The number of rotatable bonds is 4. The number of benzene rings is 1. The van der Waals surface area contributed by atoms with Crippen molar-refractivity contribution in [2.75, 3.05) is 12.4 Å². The molecule has 0 spiro atoms. The van der Waals surface area contributed by atoms with E-state index in [0.717, 1.165) is 10.2 Å². The predicted octanol–water partition coefficient (Wildman–Crippen LogP) is 2.63. The van der Waals surface area contributed by atoms with Gasteiger partial charge in [-0.25, -0.2) is 9.97 Å². The van der Waals surface area contributed by atoms with Crippen LogP contribution < -0.4 is 15.8 Å². The van der Waals surface area contributed by atoms with Gasteiger partial charge in [-0.15, -0.1) is 0 Å². The Hall–Kier alpha value is -1.73. The molecule has 1 aromatic heterocycles. The maximum Gasteiger partial charge on any atom is 0.149 e. The van der Waals surface area contributed by atoms with Crippen LogP contribution in [0.2, 0.25) is 0 Å².